The molecule has 1 rings (SSSR count). The molecule has 4 nitrogen and oxygen atoms in total. The number of nitrogens with one attached hydrogen (secondary N) is 1. The summed E-state index contributed by atoms with van der Waals surface area (Å²) in [7, 11) is 1.40. The lowest BCUT2D eigenvalue weighted by Crippen LogP contribution is -2.34. The van der Waals surface area contributed by atoms with Crippen LogP contribution in [0.4, 0.5) is 18.9 Å². The molecule has 0 atom stereocenters. The van der Waals surface area contributed by atoms with E-state index in [1.165, 1.54) is 31.3 Å². The van der Waals surface area contributed by atoms with E-state index in [-0.39, 0.29) is 18.1 Å². The second-order valence-electron chi connectivity index (χ2n) is 5.01. The molecular formula is C15H17F3N2O2. The largest absolute Gasteiger partial charge is 0.418 e. The van der Waals surface area contributed by atoms with E-state index >= 15 is 0 Å². The number of amides is 2. The van der Waals surface area contributed by atoms with Crippen molar-refractivity contribution < 1.29 is 22.8 Å². The molecular weight excluding hydrogens is 297 g/mol. The Bertz CT molecular complexity index is 591. The first-order valence-corrected chi connectivity index (χ1v) is 6.47. The first-order valence-electron chi connectivity index (χ1n) is 6.47. The molecule has 0 aliphatic carbocycles. The average molecular weight is 314 g/mol. The Morgan fingerprint density at radius 2 is 1.82 bits per heavy atom. The first-order chi connectivity index (χ1) is 10.1. The van der Waals surface area contributed by atoms with Crippen LogP contribution in [0.25, 0.3) is 0 Å². The van der Waals surface area contributed by atoms with Gasteiger partial charge in [-0.15, -0.1) is 0 Å². The van der Waals surface area contributed by atoms with Crippen molar-refractivity contribution in [1.82, 2.24) is 4.90 Å². The van der Waals surface area contributed by atoms with Crippen LogP contribution in [0.1, 0.15) is 19.4 Å². The van der Waals surface area contributed by atoms with E-state index < -0.39 is 17.6 Å². The molecule has 22 heavy (non-hydrogen) atoms. The van der Waals surface area contributed by atoms with Gasteiger partial charge in [-0.1, -0.05) is 17.7 Å². The molecule has 0 saturated carbocycles. The molecule has 1 N–H and O–H groups in total. The zero-order chi connectivity index (χ0) is 16.9. The topological polar surface area (TPSA) is 49.4 Å². The van der Waals surface area contributed by atoms with Crippen LogP contribution < -0.4 is 5.32 Å². The second-order valence-corrected chi connectivity index (χ2v) is 5.01. The molecule has 0 bridgehead atoms. The summed E-state index contributed by atoms with van der Waals surface area (Å²) < 4.78 is 38.4. The fourth-order valence-corrected chi connectivity index (χ4v) is 1.68. The summed E-state index contributed by atoms with van der Waals surface area (Å²) in [6, 6.07) is 4.68. The highest BCUT2D eigenvalue weighted by molar-refractivity contribution is 5.97. The lowest BCUT2D eigenvalue weighted by atomic mass is 10.1. The minimum absolute atomic E-state index is 0.330. The molecule has 2 amide bonds. The summed E-state index contributed by atoms with van der Waals surface area (Å²) in [5, 5.41) is 2.18. The molecule has 1 aromatic rings. The van der Waals surface area contributed by atoms with Crippen LogP contribution in [-0.4, -0.2) is 30.3 Å². The SMILES string of the molecule is CC(C)=CC(=O)N(C)CC(=O)Nc1ccccc1C(F)(F)F. The van der Waals surface area contributed by atoms with Crippen LogP contribution in [0.5, 0.6) is 0 Å². The van der Waals surface area contributed by atoms with Crippen molar-refractivity contribution in [1.29, 1.82) is 0 Å². The number of likely N-dealkylation sites (N-methyl/N-ethyl adjacent to an activating group) is 1. The zero-order valence-electron chi connectivity index (χ0n) is 12.5. The Balaban J connectivity index is 2.79. The van der Waals surface area contributed by atoms with Crippen LogP contribution in [-0.2, 0) is 15.8 Å². The Morgan fingerprint density at radius 3 is 2.36 bits per heavy atom. The van der Waals surface area contributed by atoms with Gasteiger partial charge in [-0.2, -0.15) is 13.2 Å². The molecule has 0 spiro atoms. The number of hydrogen-bond donors (Lipinski definition) is 1. The summed E-state index contributed by atoms with van der Waals surface area (Å²) in [6.07, 6.45) is -3.22. The Hall–Kier alpha value is -2.31. The summed E-state index contributed by atoms with van der Waals surface area (Å²) in [4.78, 5) is 24.6. The number of carbonyl (C=O) groups excluding carboxylic acids is 2. The predicted octanol–water partition coefficient (Wildman–Crippen LogP) is 3.07. The number of hydrogen-bond acceptors (Lipinski definition) is 2. The quantitative estimate of drug-likeness (QED) is 0.868. The number of benzene rings is 1. The van der Waals surface area contributed by atoms with Crippen molar-refractivity contribution in [2.24, 2.45) is 0 Å². The van der Waals surface area contributed by atoms with Gasteiger partial charge < -0.3 is 10.2 Å². The third kappa shape index (κ3) is 5.23. The van der Waals surface area contributed by atoms with Crippen LogP contribution in [0, 0.1) is 0 Å². The molecule has 0 aliphatic rings. The Kier molecular flexibility index (Phi) is 5.73. The van der Waals surface area contributed by atoms with Crippen LogP contribution in [0.2, 0.25) is 0 Å². The molecule has 0 unspecified atom stereocenters. The van der Waals surface area contributed by atoms with Gasteiger partial charge in [-0.3, -0.25) is 9.59 Å². The van der Waals surface area contributed by atoms with Crippen molar-refractivity contribution in [2.75, 3.05) is 18.9 Å². The molecule has 0 radical (unpaired) electrons. The lowest BCUT2D eigenvalue weighted by Gasteiger charge is -2.17. The molecule has 0 heterocycles. The number of nitrogens with zero attached hydrogens (tertiary/aromatic N) is 1. The number of para-hydroxylation sites is 1. The smallest absolute Gasteiger partial charge is 0.333 e. The maximum absolute atomic E-state index is 12.8. The van der Waals surface area contributed by atoms with E-state index in [9.17, 15) is 22.8 Å². The van der Waals surface area contributed by atoms with Gasteiger partial charge in [0.2, 0.25) is 11.8 Å². The molecule has 0 fully saturated rings. The van der Waals surface area contributed by atoms with Gasteiger partial charge in [-0.25, -0.2) is 0 Å². The number of allylic oxidation sites excluding steroid dienone is 1. The monoisotopic (exact) mass is 314 g/mol. The van der Waals surface area contributed by atoms with E-state index in [1.54, 1.807) is 13.8 Å². The summed E-state index contributed by atoms with van der Waals surface area (Å²) in [5.41, 5.74) is -0.496. The van der Waals surface area contributed by atoms with Crippen molar-refractivity contribution in [3.8, 4) is 0 Å². The van der Waals surface area contributed by atoms with Gasteiger partial charge in [0.1, 0.15) is 0 Å². The van der Waals surface area contributed by atoms with Gasteiger partial charge in [0, 0.05) is 13.1 Å². The number of carbonyl (C=O) groups is 2. The average Bonchev–Trinajstić information content (AvgIpc) is 2.36. The lowest BCUT2D eigenvalue weighted by molar-refractivity contribution is -0.137. The molecule has 0 aromatic heterocycles. The van der Waals surface area contributed by atoms with Crippen LogP contribution >= 0.6 is 0 Å². The molecule has 0 saturated heterocycles. The van der Waals surface area contributed by atoms with E-state index in [1.807, 2.05) is 0 Å². The van der Waals surface area contributed by atoms with E-state index in [4.69, 9.17) is 0 Å². The second kappa shape index (κ2) is 7.11. The first kappa shape index (κ1) is 17.7. The van der Waals surface area contributed by atoms with Crippen LogP contribution in [0.3, 0.4) is 0 Å². The maximum atomic E-state index is 12.8. The number of halogens is 3. The van der Waals surface area contributed by atoms with Gasteiger partial charge in [-0.05, 0) is 26.0 Å². The summed E-state index contributed by atoms with van der Waals surface area (Å²) in [6.45, 7) is 3.12. The Labute approximate surface area is 126 Å². The van der Waals surface area contributed by atoms with Crippen molar-refractivity contribution in [2.45, 2.75) is 20.0 Å². The number of anilines is 1. The molecule has 1 aromatic carbocycles. The third-order valence-electron chi connectivity index (χ3n) is 2.68. The highest BCUT2D eigenvalue weighted by Crippen LogP contribution is 2.34. The van der Waals surface area contributed by atoms with Gasteiger partial charge in [0.15, 0.2) is 0 Å². The van der Waals surface area contributed by atoms with Gasteiger partial charge in [0.05, 0.1) is 17.8 Å². The number of rotatable bonds is 4. The van der Waals surface area contributed by atoms with Gasteiger partial charge >= 0.3 is 6.18 Å². The maximum Gasteiger partial charge on any atom is 0.418 e. The summed E-state index contributed by atoms with van der Waals surface area (Å²) >= 11 is 0. The Morgan fingerprint density at radius 1 is 1.23 bits per heavy atom. The minimum Gasteiger partial charge on any atom is -0.333 e. The van der Waals surface area contributed by atoms with Gasteiger partial charge in [0.25, 0.3) is 0 Å². The van der Waals surface area contributed by atoms with E-state index in [2.05, 4.69) is 5.32 Å². The number of alkyl halides is 3. The van der Waals surface area contributed by atoms with E-state index in [0.717, 1.165) is 16.5 Å². The molecule has 120 valence electrons. The fourth-order valence-electron chi connectivity index (χ4n) is 1.68. The van der Waals surface area contributed by atoms with Crippen molar-refractivity contribution in [3.63, 3.8) is 0 Å². The van der Waals surface area contributed by atoms with Crippen molar-refractivity contribution >= 4 is 17.5 Å². The highest BCUT2D eigenvalue weighted by Gasteiger charge is 2.33. The minimum atomic E-state index is -4.56. The summed E-state index contributed by atoms with van der Waals surface area (Å²) in [5.74, 6) is -1.09. The fraction of sp³-hybridized carbons (Fsp3) is 0.333. The highest BCUT2D eigenvalue weighted by atomic mass is 19.4. The molecule has 0 aliphatic heterocycles. The van der Waals surface area contributed by atoms with E-state index in [0.29, 0.717) is 0 Å². The third-order valence-corrected chi connectivity index (χ3v) is 2.68. The van der Waals surface area contributed by atoms with Crippen LogP contribution in [0.15, 0.2) is 35.9 Å². The zero-order valence-corrected chi connectivity index (χ0v) is 12.5. The normalized spacial score (nSPS) is 10.8. The predicted molar refractivity (Wildman–Crippen MR) is 77.1 cm³/mol. The molecule has 7 heteroatoms. The van der Waals surface area contributed by atoms with Crippen molar-refractivity contribution in [3.05, 3.63) is 41.5 Å². The standard InChI is InChI=1S/C15H17F3N2O2/c1-10(2)8-14(22)20(3)9-13(21)19-12-7-5-4-6-11(12)15(16,17)18/h4-8H,9H2,1-3H3,(H,19,21).